The van der Waals surface area contributed by atoms with Gasteiger partial charge in [0.1, 0.15) is 0 Å². The third-order valence-electron chi connectivity index (χ3n) is 12.4. The molecule has 0 saturated heterocycles. The van der Waals surface area contributed by atoms with Gasteiger partial charge in [-0.15, -0.1) is 0 Å². The zero-order valence-corrected chi connectivity index (χ0v) is 35.0. The molecule has 0 aliphatic carbocycles. The van der Waals surface area contributed by atoms with Crippen LogP contribution in [0.3, 0.4) is 0 Å². The molecule has 2 aliphatic heterocycles. The summed E-state index contributed by atoms with van der Waals surface area (Å²) < 4.78 is 0. The molecule has 0 saturated carbocycles. The summed E-state index contributed by atoms with van der Waals surface area (Å²) in [7, 11) is 0. The second-order valence-electron chi connectivity index (χ2n) is 16.8. The van der Waals surface area contributed by atoms with Crippen molar-refractivity contribution in [1.29, 1.82) is 0 Å². The Bertz CT molecular complexity index is 2880. The molecule has 4 heteroatoms. The molecule has 0 aromatic heterocycles. The molecule has 0 spiro atoms. The number of anilines is 9. The van der Waals surface area contributed by atoms with Crippen LogP contribution in [0.5, 0.6) is 0 Å². The van der Waals surface area contributed by atoms with Crippen molar-refractivity contribution in [2.75, 3.05) is 14.7 Å². The van der Waals surface area contributed by atoms with E-state index in [0.717, 1.165) is 28.4 Å². The summed E-state index contributed by atoms with van der Waals surface area (Å²) in [5, 5.41) is 0. The van der Waals surface area contributed by atoms with Gasteiger partial charge in [-0.2, -0.15) is 0 Å². The monoisotopic (exact) mass is 761 g/mol. The number of nitrogens with zero attached hydrogens (tertiary/aromatic N) is 3. The predicted molar refractivity (Wildman–Crippen MR) is 254 cm³/mol. The maximum Gasteiger partial charge on any atom is 0.252 e. The highest BCUT2D eigenvalue weighted by molar-refractivity contribution is 7.00. The molecule has 286 valence electrons. The van der Waals surface area contributed by atoms with Gasteiger partial charge in [-0.3, -0.25) is 0 Å². The topological polar surface area (TPSA) is 9.72 Å². The Morgan fingerprint density at radius 3 is 1.41 bits per heavy atom. The van der Waals surface area contributed by atoms with E-state index in [0.29, 0.717) is 0 Å². The van der Waals surface area contributed by atoms with Crippen molar-refractivity contribution in [2.45, 2.75) is 48.5 Å². The average Bonchev–Trinajstić information content (AvgIpc) is 3.23. The zero-order valence-electron chi connectivity index (χ0n) is 35.0. The highest BCUT2D eigenvalue weighted by Crippen LogP contribution is 2.50. The molecule has 10 rings (SSSR count). The molecule has 0 amide bonds. The first-order valence-electron chi connectivity index (χ1n) is 20.8. The van der Waals surface area contributed by atoms with Gasteiger partial charge in [0.05, 0.1) is 11.4 Å². The quantitative estimate of drug-likeness (QED) is 0.156. The summed E-state index contributed by atoms with van der Waals surface area (Å²) in [4.78, 5) is 7.58. The Balaban J connectivity index is 1.36. The number of fused-ring (bicyclic) bond motifs is 4. The number of benzene rings is 8. The summed E-state index contributed by atoms with van der Waals surface area (Å²) in [5.41, 5.74) is 25.6. The lowest BCUT2D eigenvalue weighted by atomic mass is 9.33. The maximum absolute atomic E-state index is 2.57. The second kappa shape index (κ2) is 14.3. The van der Waals surface area contributed by atoms with Crippen molar-refractivity contribution in [1.82, 2.24) is 0 Å². The maximum atomic E-state index is 2.57. The van der Waals surface area contributed by atoms with Gasteiger partial charge in [0, 0.05) is 45.4 Å². The summed E-state index contributed by atoms with van der Waals surface area (Å²) in [6.07, 6.45) is 0. The summed E-state index contributed by atoms with van der Waals surface area (Å²) >= 11 is 0. The third-order valence-corrected chi connectivity index (χ3v) is 12.4. The van der Waals surface area contributed by atoms with Crippen LogP contribution in [0.15, 0.2) is 164 Å². The van der Waals surface area contributed by atoms with Crippen LogP contribution in [0, 0.1) is 48.5 Å². The lowest BCUT2D eigenvalue weighted by molar-refractivity contribution is 1.20. The highest BCUT2D eigenvalue weighted by atomic mass is 15.2. The molecule has 0 bridgehead atoms. The summed E-state index contributed by atoms with van der Waals surface area (Å²) in [5.74, 6) is 0. The van der Waals surface area contributed by atoms with E-state index in [1.807, 2.05) is 0 Å². The van der Waals surface area contributed by atoms with Gasteiger partial charge in [0.15, 0.2) is 0 Å². The lowest BCUT2D eigenvalue weighted by Crippen LogP contribution is -2.61. The van der Waals surface area contributed by atoms with Crippen LogP contribution in [0.2, 0.25) is 0 Å². The fourth-order valence-electron chi connectivity index (χ4n) is 9.44. The molecule has 8 aromatic carbocycles. The summed E-state index contributed by atoms with van der Waals surface area (Å²) in [6, 6.07) is 61.7. The molecule has 2 heterocycles. The number of hydrogen-bond acceptors (Lipinski definition) is 3. The number of aryl methyl sites for hydroxylation is 7. The van der Waals surface area contributed by atoms with E-state index in [2.05, 4.69) is 227 Å². The van der Waals surface area contributed by atoms with E-state index >= 15 is 0 Å². The van der Waals surface area contributed by atoms with Crippen LogP contribution in [-0.2, 0) is 0 Å². The van der Waals surface area contributed by atoms with Crippen LogP contribution < -0.4 is 31.1 Å². The Hall–Kier alpha value is -6.78. The van der Waals surface area contributed by atoms with Gasteiger partial charge >= 0.3 is 0 Å². The van der Waals surface area contributed by atoms with E-state index in [1.165, 1.54) is 89.2 Å². The molecule has 0 fully saturated rings. The molecule has 3 nitrogen and oxygen atoms in total. The fraction of sp³-hybridized carbons (Fsp3) is 0.127. The molecular formula is C55H48BN3. The Morgan fingerprint density at radius 2 is 0.847 bits per heavy atom. The molecule has 2 aliphatic rings. The van der Waals surface area contributed by atoms with Gasteiger partial charge in [0.25, 0.3) is 6.71 Å². The smallest absolute Gasteiger partial charge is 0.252 e. The van der Waals surface area contributed by atoms with E-state index in [9.17, 15) is 0 Å². The normalized spacial score (nSPS) is 12.6. The van der Waals surface area contributed by atoms with Crippen molar-refractivity contribution < 1.29 is 0 Å². The van der Waals surface area contributed by atoms with Crippen LogP contribution in [-0.4, -0.2) is 6.71 Å². The van der Waals surface area contributed by atoms with Crippen molar-refractivity contribution in [3.05, 3.63) is 203 Å². The third kappa shape index (κ3) is 6.14. The Morgan fingerprint density at radius 1 is 0.390 bits per heavy atom. The predicted octanol–water partition coefficient (Wildman–Crippen LogP) is 13.1. The number of hydrogen-bond donors (Lipinski definition) is 0. The molecule has 0 radical (unpaired) electrons. The van der Waals surface area contributed by atoms with E-state index in [-0.39, 0.29) is 6.71 Å². The molecular weight excluding hydrogens is 713 g/mol. The van der Waals surface area contributed by atoms with Crippen molar-refractivity contribution in [2.24, 2.45) is 0 Å². The minimum Gasteiger partial charge on any atom is -0.311 e. The molecule has 0 N–H and O–H groups in total. The molecule has 8 aromatic rings. The largest absolute Gasteiger partial charge is 0.311 e. The molecule has 59 heavy (non-hydrogen) atoms. The van der Waals surface area contributed by atoms with E-state index < -0.39 is 0 Å². The van der Waals surface area contributed by atoms with Crippen molar-refractivity contribution in [3.63, 3.8) is 0 Å². The fourth-order valence-corrected chi connectivity index (χ4v) is 9.44. The first-order chi connectivity index (χ1) is 28.6. The van der Waals surface area contributed by atoms with Crippen molar-refractivity contribution in [3.8, 4) is 11.1 Å². The van der Waals surface area contributed by atoms with Gasteiger partial charge in [-0.1, -0.05) is 131 Å². The minimum atomic E-state index is 0.0236. The van der Waals surface area contributed by atoms with Gasteiger partial charge in [-0.05, 0) is 142 Å². The minimum absolute atomic E-state index is 0.0236. The van der Waals surface area contributed by atoms with Crippen LogP contribution in [0.25, 0.3) is 11.1 Å². The average molecular weight is 762 g/mol. The molecule has 0 atom stereocenters. The van der Waals surface area contributed by atoms with Crippen LogP contribution >= 0.6 is 0 Å². The Labute approximate surface area is 349 Å². The lowest BCUT2D eigenvalue weighted by Gasteiger charge is -2.45. The SMILES string of the molecule is Cc1ccc(-c2cc(C)ccc2N2c3ccc(C)cc3B3c4cc(C)ccc4N(c4ccc(C)cc4)c4cc(N(c5ccccc5C)c5ccccc5C)cc2c43)cc1. The van der Waals surface area contributed by atoms with Gasteiger partial charge in [-0.25, -0.2) is 0 Å². The Kier molecular flexibility index (Phi) is 8.83. The van der Waals surface area contributed by atoms with Crippen molar-refractivity contribution >= 4 is 74.3 Å². The van der Waals surface area contributed by atoms with Gasteiger partial charge < -0.3 is 14.7 Å². The van der Waals surface area contributed by atoms with Crippen LogP contribution in [0.1, 0.15) is 38.9 Å². The second-order valence-corrected chi connectivity index (χ2v) is 16.8. The first-order valence-corrected chi connectivity index (χ1v) is 20.8. The number of para-hydroxylation sites is 2. The molecule has 0 unspecified atom stereocenters. The van der Waals surface area contributed by atoms with E-state index in [1.54, 1.807) is 0 Å². The number of rotatable bonds is 6. The standard InChI is InChI=1S/C55H48BN3/c1-35-16-23-42(24-17-35)45-30-37(3)20-27-50(45)59-52-29-22-39(5)32-47(52)56-46-31-38(4)21-28-51(46)57(43-25-18-36(2)19-26-43)53-33-44(34-54(59)55(53)56)58(48-14-10-8-12-40(48)6)49-15-11-9-13-41(49)7/h8-34H,1-7H3. The van der Waals surface area contributed by atoms with E-state index in [4.69, 9.17) is 0 Å². The van der Waals surface area contributed by atoms with Crippen LogP contribution in [0.4, 0.5) is 51.2 Å². The zero-order chi connectivity index (χ0) is 40.5. The first kappa shape index (κ1) is 36.6. The van der Waals surface area contributed by atoms with Gasteiger partial charge in [0.2, 0.25) is 0 Å². The summed E-state index contributed by atoms with van der Waals surface area (Å²) in [6.45, 7) is 15.5. The highest BCUT2D eigenvalue weighted by Gasteiger charge is 2.44.